The minimum Gasteiger partial charge on any atom is -0.458 e. The first kappa shape index (κ1) is 12.3. The van der Waals surface area contributed by atoms with Crippen molar-refractivity contribution in [3.63, 3.8) is 0 Å². The molecule has 0 amide bonds. The van der Waals surface area contributed by atoms with Crippen molar-refractivity contribution in [1.29, 1.82) is 0 Å². The molecule has 4 heteroatoms. The van der Waals surface area contributed by atoms with Crippen molar-refractivity contribution in [3.8, 4) is 0 Å². The molecule has 0 aliphatic heterocycles. The summed E-state index contributed by atoms with van der Waals surface area (Å²) in [6, 6.07) is 0. The number of carbonyl (C=O) groups excluding carboxylic acids is 2. The van der Waals surface area contributed by atoms with Gasteiger partial charge in [-0.05, 0) is 6.92 Å². The molecule has 0 aliphatic carbocycles. The number of hydrogen-bond donors (Lipinski definition) is 0. The van der Waals surface area contributed by atoms with Crippen molar-refractivity contribution < 1.29 is 61.2 Å². The van der Waals surface area contributed by atoms with E-state index in [-0.39, 0.29) is 59.3 Å². The van der Waals surface area contributed by atoms with E-state index in [1.165, 1.54) is 13.8 Å². The first-order valence-electron chi connectivity index (χ1n) is 2.25. The summed E-state index contributed by atoms with van der Waals surface area (Å²) in [7, 11) is 0. The number of ether oxygens (including phenoxy) is 1. The Morgan fingerprint density at radius 2 is 1.78 bits per heavy atom. The zero-order valence-electron chi connectivity index (χ0n) is 5.20. The van der Waals surface area contributed by atoms with Crippen LogP contribution in [0.1, 0.15) is 13.8 Å². The minimum absolute atomic E-state index is 0. The quantitative estimate of drug-likeness (QED) is 0.679. The molecule has 0 spiro atoms. The molecule has 0 heterocycles. The number of carbonyl (C=O) groups is 2. The summed E-state index contributed by atoms with van der Waals surface area (Å²) in [6.07, 6.45) is 0. The van der Waals surface area contributed by atoms with Crippen LogP contribution in [0.15, 0.2) is 0 Å². The van der Waals surface area contributed by atoms with Gasteiger partial charge in [0.05, 0.1) is 0 Å². The van der Waals surface area contributed by atoms with Crippen LogP contribution in [0.5, 0.6) is 0 Å². The van der Waals surface area contributed by atoms with Crippen LogP contribution in [0.2, 0.25) is 0 Å². The zero-order chi connectivity index (χ0) is 6.57. The third kappa shape index (κ3) is 12.0. The van der Waals surface area contributed by atoms with Crippen LogP contribution in [-0.2, 0) is 14.3 Å². The van der Waals surface area contributed by atoms with Gasteiger partial charge in [-0.2, -0.15) is 0 Å². The van der Waals surface area contributed by atoms with Crippen LogP contribution in [0.4, 0.5) is 0 Å². The Morgan fingerprint density at radius 3 is 1.89 bits per heavy atom. The maximum absolute atomic E-state index is 10.1. The summed E-state index contributed by atoms with van der Waals surface area (Å²) in [5, 5.41) is 0. The molecule has 0 unspecified atom stereocenters. The first-order chi connectivity index (χ1) is 3.63. The van der Waals surface area contributed by atoms with Gasteiger partial charge < -0.3 is 4.74 Å². The van der Waals surface area contributed by atoms with Gasteiger partial charge in [0.1, 0.15) is 6.61 Å². The Labute approximate surface area is 92.4 Å². The van der Waals surface area contributed by atoms with Gasteiger partial charge in [-0.1, -0.05) is 0 Å². The molecule has 0 fully saturated rings. The van der Waals surface area contributed by atoms with Crippen molar-refractivity contribution in [1.82, 2.24) is 0 Å². The number of Topliss-reactive ketones (excluding diaryl/α,β-unsaturated/α-hetero) is 1. The Bertz CT molecular complexity index is 96.8. The largest absolute Gasteiger partial charge is 0.458 e. The van der Waals surface area contributed by atoms with Gasteiger partial charge in [0.2, 0.25) is 0 Å². The number of rotatable bonds is 2. The summed E-state index contributed by atoms with van der Waals surface area (Å²) in [5.41, 5.74) is 0. The van der Waals surface area contributed by atoms with E-state index in [4.69, 9.17) is 0 Å². The van der Waals surface area contributed by atoms with Crippen LogP contribution in [0.3, 0.4) is 0 Å². The Morgan fingerprint density at radius 1 is 1.33 bits per heavy atom. The summed E-state index contributed by atoms with van der Waals surface area (Å²) < 4.78 is 4.31. The molecule has 0 radical (unpaired) electrons. The van der Waals surface area contributed by atoms with E-state index in [2.05, 4.69) is 4.74 Å². The number of esters is 1. The van der Waals surface area contributed by atoms with E-state index < -0.39 is 5.97 Å². The van der Waals surface area contributed by atoms with Crippen molar-refractivity contribution in [2.45, 2.75) is 13.8 Å². The molecule has 0 N–H and O–H groups in total. The SMILES string of the molecule is CC(=O)COC(C)=O.[Yb]. The molecule has 0 aromatic heterocycles. The monoisotopic (exact) mass is 290 g/mol. The fourth-order valence-electron chi connectivity index (χ4n) is 0.203. The zero-order valence-corrected chi connectivity index (χ0v) is 6.91. The first-order valence-corrected chi connectivity index (χ1v) is 2.25. The molecule has 60 valence electrons. The average molecular weight is 289 g/mol. The van der Waals surface area contributed by atoms with Crippen LogP contribution in [0, 0.1) is 46.9 Å². The fourth-order valence-corrected chi connectivity index (χ4v) is 0.203. The second kappa shape index (κ2) is 6.77. The average Bonchev–Trinajstić information content (AvgIpc) is 1.61. The molecular formula is C5H8O3Yb. The van der Waals surface area contributed by atoms with Gasteiger partial charge in [0.15, 0.2) is 5.78 Å². The second-order valence-corrected chi connectivity index (χ2v) is 1.48. The van der Waals surface area contributed by atoms with E-state index in [1.54, 1.807) is 0 Å². The van der Waals surface area contributed by atoms with Crippen molar-refractivity contribution in [3.05, 3.63) is 0 Å². The molecule has 0 aromatic rings. The van der Waals surface area contributed by atoms with Crippen LogP contribution in [0.25, 0.3) is 0 Å². The van der Waals surface area contributed by atoms with E-state index in [1.807, 2.05) is 0 Å². The summed E-state index contributed by atoms with van der Waals surface area (Å²) in [5.74, 6) is -0.555. The van der Waals surface area contributed by atoms with Gasteiger partial charge in [-0.25, -0.2) is 0 Å². The molecule has 0 bridgehead atoms. The summed E-state index contributed by atoms with van der Waals surface area (Å²) >= 11 is 0. The molecule has 0 rings (SSSR count). The Kier molecular flexibility index (Phi) is 9.29. The van der Waals surface area contributed by atoms with Gasteiger partial charge in [0.25, 0.3) is 0 Å². The number of ketones is 1. The molecule has 0 atom stereocenters. The third-order valence-electron chi connectivity index (χ3n) is 0.479. The fraction of sp³-hybridized carbons (Fsp3) is 0.600. The van der Waals surface area contributed by atoms with E-state index in [0.717, 1.165) is 0 Å². The number of hydrogen-bond acceptors (Lipinski definition) is 3. The van der Waals surface area contributed by atoms with Crippen molar-refractivity contribution >= 4 is 11.8 Å². The second-order valence-electron chi connectivity index (χ2n) is 1.48. The van der Waals surface area contributed by atoms with E-state index >= 15 is 0 Å². The Balaban J connectivity index is 0. The molecule has 0 aliphatic rings. The van der Waals surface area contributed by atoms with Crippen LogP contribution >= 0.6 is 0 Å². The molecule has 0 aromatic carbocycles. The normalized spacial score (nSPS) is 7.33. The molecule has 0 saturated heterocycles. The summed E-state index contributed by atoms with van der Waals surface area (Å²) in [6.45, 7) is 2.53. The van der Waals surface area contributed by atoms with E-state index in [9.17, 15) is 9.59 Å². The molecule has 9 heavy (non-hydrogen) atoms. The maximum Gasteiger partial charge on any atom is 0.303 e. The third-order valence-corrected chi connectivity index (χ3v) is 0.479. The standard InChI is InChI=1S/C5H8O3.Yb/c1-4(6)3-8-5(2)7;/h3H2,1-2H3;. The van der Waals surface area contributed by atoms with Gasteiger partial charge in [0, 0.05) is 53.8 Å². The van der Waals surface area contributed by atoms with Gasteiger partial charge in [-0.3, -0.25) is 9.59 Å². The molecular weight excluding hydrogens is 281 g/mol. The van der Waals surface area contributed by atoms with Crippen LogP contribution < -0.4 is 0 Å². The predicted molar refractivity (Wildman–Crippen MR) is 27.3 cm³/mol. The van der Waals surface area contributed by atoms with Gasteiger partial charge >= 0.3 is 5.97 Å². The Hall–Kier alpha value is 0.659. The summed E-state index contributed by atoms with van der Waals surface area (Å²) in [4.78, 5) is 20.0. The maximum atomic E-state index is 10.1. The van der Waals surface area contributed by atoms with Crippen LogP contribution in [-0.4, -0.2) is 18.4 Å². The van der Waals surface area contributed by atoms with Crippen molar-refractivity contribution in [2.24, 2.45) is 0 Å². The topological polar surface area (TPSA) is 43.4 Å². The smallest absolute Gasteiger partial charge is 0.303 e. The predicted octanol–water partition coefficient (Wildman–Crippen LogP) is 0.139. The molecule has 0 saturated carbocycles. The minimum atomic E-state index is -0.416. The van der Waals surface area contributed by atoms with E-state index in [0.29, 0.717) is 0 Å². The van der Waals surface area contributed by atoms with Crippen molar-refractivity contribution in [2.75, 3.05) is 6.61 Å². The molecule has 3 nitrogen and oxygen atoms in total. The van der Waals surface area contributed by atoms with Gasteiger partial charge in [-0.15, -0.1) is 0 Å².